The van der Waals surface area contributed by atoms with Gasteiger partial charge < -0.3 is 5.32 Å². The first-order valence-corrected chi connectivity index (χ1v) is 5.60. The van der Waals surface area contributed by atoms with E-state index in [-0.39, 0.29) is 11.7 Å². The summed E-state index contributed by atoms with van der Waals surface area (Å²) in [5.74, 6) is -0.400. The van der Waals surface area contributed by atoms with Crippen LogP contribution in [-0.2, 0) is 6.54 Å². The number of nitrogens with one attached hydrogen (secondary N) is 2. The normalized spacial score (nSPS) is 10.4. The maximum atomic E-state index is 13.4. The van der Waals surface area contributed by atoms with Crippen molar-refractivity contribution in [2.75, 3.05) is 0 Å². The minimum atomic E-state index is -0.205. The van der Waals surface area contributed by atoms with Crippen LogP contribution in [0.5, 0.6) is 0 Å². The predicted molar refractivity (Wildman–Crippen MR) is 65.6 cm³/mol. The van der Waals surface area contributed by atoms with Crippen molar-refractivity contribution in [1.82, 2.24) is 15.5 Å². The van der Waals surface area contributed by atoms with Gasteiger partial charge in [-0.1, -0.05) is 12.1 Å². The van der Waals surface area contributed by atoms with Crippen LogP contribution in [0.15, 0.2) is 24.5 Å². The topological polar surface area (TPSA) is 57.8 Å². The molecular formula is C13H14FN3O. The highest BCUT2D eigenvalue weighted by molar-refractivity contribution is 5.93. The van der Waals surface area contributed by atoms with Gasteiger partial charge in [0, 0.05) is 12.7 Å². The Bertz CT molecular complexity index is 541. The first kappa shape index (κ1) is 12.3. The Kier molecular flexibility index (Phi) is 3.41. The fourth-order valence-corrected chi connectivity index (χ4v) is 1.80. The van der Waals surface area contributed by atoms with Gasteiger partial charge in [0.2, 0.25) is 0 Å². The zero-order valence-electron chi connectivity index (χ0n) is 10.2. The summed E-state index contributed by atoms with van der Waals surface area (Å²) in [6.45, 7) is 3.79. The highest BCUT2D eigenvalue weighted by Gasteiger charge is 2.08. The largest absolute Gasteiger partial charge is 0.348 e. The zero-order chi connectivity index (χ0) is 13.1. The molecule has 0 aliphatic carbocycles. The van der Waals surface area contributed by atoms with Crippen molar-refractivity contribution in [2.45, 2.75) is 20.4 Å². The van der Waals surface area contributed by atoms with Crippen LogP contribution in [-0.4, -0.2) is 16.1 Å². The van der Waals surface area contributed by atoms with Crippen LogP contribution in [0.25, 0.3) is 0 Å². The van der Waals surface area contributed by atoms with Gasteiger partial charge in [-0.25, -0.2) is 4.39 Å². The quantitative estimate of drug-likeness (QED) is 0.872. The Morgan fingerprint density at radius 3 is 2.61 bits per heavy atom. The monoisotopic (exact) mass is 247 g/mol. The molecule has 0 saturated carbocycles. The lowest BCUT2D eigenvalue weighted by Gasteiger charge is -2.07. The third-order valence-electron chi connectivity index (χ3n) is 2.71. The molecule has 1 heterocycles. The SMILES string of the molecule is Cc1cc(CNC(=O)c2cn[nH]c2)cc(C)c1F. The lowest BCUT2D eigenvalue weighted by Crippen LogP contribution is -2.22. The van der Waals surface area contributed by atoms with Crippen LogP contribution in [0, 0.1) is 19.7 Å². The second-order valence-electron chi connectivity index (χ2n) is 4.21. The molecule has 0 spiro atoms. The van der Waals surface area contributed by atoms with Gasteiger partial charge >= 0.3 is 0 Å². The van der Waals surface area contributed by atoms with Crippen LogP contribution < -0.4 is 5.32 Å². The minimum absolute atomic E-state index is 0.195. The van der Waals surface area contributed by atoms with E-state index in [0.717, 1.165) is 5.56 Å². The van der Waals surface area contributed by atoms with Crippen molar-refractivity contribution in [2.24, 2.45) is 0 Å². The molecule has 0 bridgehead atoms. The van der Waals surface area contributed by atoms with E-state index in [4.69, 9.17) is 0 Å². The number of rotatable bonds is 3. The van der Waals surface area contributed by atoms with Crippen LogP contribution in [0.2, 0.25) is 0 Å². The average molecular weight is 247 g/mol. The molecule has 0 atom stereocenters. The number of amides is 1. The molecule has 0 saturated heterocycles. The number of nitrogens with zero attached hydrogens (tertiary/aromatic N) is 1. The van der Waals surface area contributed by atoms with Gasteiger partial charge in [0.1, 0.15) is 5.82 Å². The summed E-state index contributed by atoms with van der Waals surface area (Å²) < 4.78 is 13.4. The number of hydrogen-bond acceptors (Lipinski definition) is 2. The van der Waals surface area contributed by atoms with E-state index in [9.17, 15) is 9.18 Å². The number of aromatic amines is 1. The molecule has 94 valence electrons. The Hall–Kier alpha value is -2.17. The molecule has 5 heteroatoms. The number of benzene rings is 1. The van der Waals surface area contributed by atoms with Crippen LogP contribution in [0.1, 0.15) is 27.0 Å². The molecule has 0 radical (unpaired) electrons. The van der Waals surface area contributed by atoms with E-state index in [2.05, 4.69) is 15.5 Å². The third kappa shape index (κ3) is 2.56. The number of aromatic nitrogens is 2. The summed E-state index contributed by atoms with van der Waals surface area (Å²) >= 11 is 0. The van der Waals surface area contributed by atoms with Crippen molar-refractivity contribution >= 4 is 5.91 Å². The van der Waals surface area contributed by atoms with E-state index in [0.29, 0.717) is 23.2 Å². The summed E-state index contributed by atoms with van der Waals surface area (Å²) in [6.07, 6.45) is 2.98. The first-order chi connectivity index (χ1) is 8.58. The molecule has 1 aromatic heterocycles. The molecule has 4 nitrogen and oxygen atoms in total. The molecule has 0 fully saturated rings. The molecule has 0 unspecified atom stereocenters. The maximum Gasteiger partial charge on any atom is 0.254 e. The molecule has 2 N–H and O–H groups in total. The fraction of sp³-hybridized carbons (Fsp3) is 0.231. The highest BCUT2D eigenvalue weighted by Crippen LogP contribution is 2.14. The van der Waals surface area contributed by atoms with Crippen molar-refractivity contribution < 1.29 is 9.18 Å². The zero-order valence-corrected chi connectivity index (χ0v) is 10.2. The molecule has 2 aromatic rings. The van der Waals surface area contributed by atoms with E-state index < -0.39 is 0 Å². The van der Waals surface area contributed by atoms with Gasteiger partial charge in [-0.15, -0.1) is 0 Å². The third-order valence-corrected chi connectivity index (χ3v) is 2.71. The Labute approximate surface area is 104 Å². The van der Waals surface area contributed by atoms with Gasteiger partial charge in [0.15, 0.2) is 0 Å². The molecule has 0 aliphatic rings. The number of aryl methyl sites for hydroxylation is 2. The summed E-state index contributed by atoms with van der Waals surface area (Å²) in [7, 11) is 0. The van der Waals surface area contributed by atoms with Gasteiger partial charge in [-0.2, -0.15) is 5.10 Å². The number of H-pyrrole nitrogens is 1. The van der Waals surface area contributed by atoms with Crippen molar-refractivity contribution in [3.63, 3.8) is 0 Å². The summed E-state index contributed by atoms with van der Waals surface area (Å²) in [5.41, 5.74) is 2.53. The number of carbonyl (C=O) groups excluding carboxylic acids is 1. The van der Waals surface area contributed by atoms with E-state index >= 15 is 0 Å². The van der Waals surface area contributed by atoms with Crippen molar-refractivity contribution in [3.8, 4) is 0 Å². The van der Waals surface area contributed by atoms with E-state index in [1.54, 1.807) is 26.0 Å². The second kappa shape index (κ2) is 5.00. The summed E-state index contributed by atoms with van der Waals surface area (Å²) in [5, 5.41) is 9.03. The maximum absolute atomic E-state index is 13.4. The predicted octanol–water partition coefficient (Wildman–Crippen LogP) is 2.10. The Morgan fingerprint density at radius 2 is 2.06 bits per heavy atom. The second-order valence-corrected chi connectivity index (χ2v) is 4.21. The van der Waals surface area contributed by atoms with Crippen LogP contribution in [0.3, 0.4) is 0 Å². The highest BCUT2D eigenvalue weighted by atomic mass is 19.1. The number of halogens is 1. The van der Waals surface area contributed by atoms with Gasteiger partial charge in [-0.05, 0) is 30.5 Å². The summed E-state index contributed by atoms with van der Waals surface area (Å²) in [4.78, 5) is 11.7. The molecule has 1 aromatic carbocycles. The van der Waals surface area contributed by atoms with Crippen molar-refractivity contribution in [1.29, 1.82) is 0 Å². The smallest absolute Gasteiger partial charge is 0.254 e. The number of carbonyl (C=O) groups is 1. The average Bonchev–Trinajstić information content (AvgIpc) is 2.86. The Balaban J connectivity index is 2.05. The molecule has 2 rings (SSSR count). The fourth-order valence-electron chi connectivity index (χ4n) is 1.80. The van der Waals surface area contributed by atoms with Crippen LogP contribution in [0.4, 0.5) is 4.39 Å². The minimum Gasteiger partial charge on any atom is -0.348 e. The summed E-state index contributed by atoms with van der Waals surface area (Å²) in [6, 6.07) is 3.47. The van der Waals surface area contributed by atoms with Crippen molar-refractivity contribution in [3.05, 3.63) is 52.6 Å². The van der Waals surface area contributed by atoms with Crippen LogP contribution >= 0.6 is 0 Å². The van der Waals surface area contributed by atoms with Gasteiger partial charge in [0.05, 0.1) is 11.8 Å². The lowest BCUT2D eigenvalue weighted by molar-refractivity contribution is 0.0951. The van der Waals surface area contributed by atoms with E-state index in [1.165, 1.54) is 12.4 Å². The molecule has 0 aliphatic heterocycles. The standard InChI is InChI=1S/C13H14FN3O/c1-8-3-10(4-9(2)12(8)14)5-15-13(18)11-6-16-17-7-11/h3-4,6-7H,5H2,1-2H3,(H,15,18)(H,16,17). The first-order valence-electron chi connectivity index (χ1n) is 5.60. The molecule has 18 heavy (non-hydrogen) atoms. The lowest BCUT2D eigenvalue weighted by atomic mass is 10.1. The Morgan fingerprint density at radius 1 is 1.39 bits per heavy atom. The number of hydrogen-bond donors (Lipinski definition) is 2. The molecule has 1 amide bonds. The van der Waals surface area contributed by atoms with Gasteiger partial charge in [-0.3, -0.25) is 9.89 Å². The van der Waals surface area contributed by atoms with Gasteiger partial charge in [0.25, 0.3) is 5.91 Å². The molecular weight excluding hydrogens is 233 g/mol. The van der Waals surface area contributed by atoms with E-state index in [1.807, 2.05) is 0 Å².